The fraction of sp³-hybridized carbons (Fsp3) is 0.458. The van der Waals surface area contributed by atoms with Gasteiger partial charge in [0.1, 0.15) is 6.04 Å². The quantitative estimate of drug-likeness (QED) is 0.442. The molecule has 1 aliphatic rings. The third kappa shape index (κ3) is 6.16. The predicted octanol–water partition coefficient (Wildman–Crippen LogP) is 4.25. The van der Waals surface area contributed by atoms with Gasteiger partial charge in [0.05, 0.1) is 12.4 Å². The summed E-state index contributed by atoms with van der Waals surface area (Å²) in [5.41, 5.74) is 2.98. The van der Waals surface area contributed by atoms with E-state index in [-0.39, 0.29) is 5.75 Å². The van der Waals surface area contributed by atoms with Gasteiger partial charge in [-0.3, -0.25) is 4.79 Å². The van der Waals surface area contributed by atoms with Crippen molar-refractivity contribution in [3.8, 4) is 0 Å². The van der Waals surface area contributed by atoms with E-state index in [1.807, 2.05) is 49.4 Å². The number of carbonyl (C=O) groups is 1. The van der Waals surface area contributed by atoms with Crippen LogP contribution >= 0.6 is 0 Å². The molecule has 1 heterocycles. The first-order chi connectivity index (χ1) is 14.5. The molecular weight excluding hydrogens is 398 g/mol. The zero-order valence-corrected chi connectivity index (χ0v) is 18.4. The van der Waals surface area contributed by atoms with Crippen LogP contribution < -0.4 is 0 Å². The van der Waals surface area contributed by atoms with Crippen LogP contribution in [0, 0.1) is 6.92 Å². The summed E-state index contributed by atoms with van der Waals surface area (Å²) in [6.45, 7) is 2.61. The third-order valence-electron chi connectivity index (χ3n) is 5.63. The van der Waals surface area contributed by atoms with Crippen LogP contribution in [0.15, 0.2) is 54.6 Å². The van der Waals surface area contributed by atoms with Crippen LogP contribution in [-0.2, 0) is 31.7 Å². The molecule has 0 saturated carbocycles. The van der Waals surface area contributed by atoms with E-state index in [9.17, 15) is 13.2 Å². The van der Waals surface area contributed by atoms with Crippen molar-refractivity contribution >= 4 is 16.0 Å². The maximum absolute atomic E-state index is 13.1. The summed E-state index contributed by atoms with van der Waals surface area (Å²) in [5.74, 6) is -0.497. The Balaban J connectivity index is 1.53. The van der Waals surface area contributed by atoms with Crippen LogP contribution in [0.5, 0.6) is 0 Å². The molecule has 0 aliphatic carbocycles. The first-order valence-corrected chi connectivity index (χ1v) is 12.3. The smallest absolute Gasteiger partial charge is 0.324 e. The highest BCUT2D eigenvalue weighted by Gasteiger charge is 2.37. The van der Waals surface area contributed by atoms with Crippen molar-refractivity contribution in [3.05, 3.63) is 71.3 Å². The summed E-state index contributed by atoms with van der Waals surface area (Å²) in [6.07, 6.45) is 4.77. The summed E-state index contributed by atoms with van der Waals surface area (Å²) in [5, 5.41) is 0. The van der Waals surface area contributed by atoms with Crippen molar-refractivity contribution in [1.29, 1.82) is 0 Å². The number of hydrogen-bond acceptors (Lipinski definition) is 4. The Kier molecular flexibility index (Phi) is 8.05. The van der Waals surface area contributed by atoms with Crippen LogP contribution in [0.4, 0.5) is 0 Å². The average Bonchev–Trinajstić information content (AvgIpc) is 2.75. The van der Waals surface area contributed by atoms with Gasteiger partial charge in [-0.15, -0.1) is 0 Å². The number of piperidine rings is 1. The molecule has 3 rings (SSSR count). The molecule has 1 fully saturated rings. The van der Waals surface area contributed by atoms with Gasteiger partial charge in [0, 0.05) is 6.54 Å². The van der Waals surface area contributed by atoms with Crippen molar-refractivity contribution < 1.29 is 17.9 Å². The highest BCUT2D eigenvalue weighted by atomic mass is 32.2. The molecular formula is C24H31NO4S. The zero-order valence-electron chi connectivity index (χ0n) is 17.6. The van der Waals surface area contributed by atoms with Crippen LogP contribution in [0.3, 0.4) is 0 Å². The highest BCUT2D eigenvalue weighted by molar-refractivity contribution is 7.88. The van der Waals surface area contributed by atoms with Gasteiger partial charge in [0.15, 0.2) is 0 Å². The number of esters is 1. The van der Waals surface area contributed by atoms with Gasteiger partial charge in [-0.2, -0.15) is 4.31 Å². The summed E-state index contributed by atoms with van der Waals surface area (Å²) in [7, 11) is -3.59. The van der Waals surface area contributed by atoms with Crippen molar-refractivity contribution in [2.24, 2.45) is 0 Å². The molecule has 0 amide bonds. The minimum atomic E-state index is -3.59. The number of aryl methyl sites for hydroxylation is 2. The van der Waals surface area contributed by atoms with Gasteiger partial charge < -0.3 is 4.74 Å². The molecule has 1 aliphatic heterocycles. The maximum atomic E-state index is 13.1. The molecule has 1 atom stereocenters. The zero-order chi connectivity index (χ0) is 21.4. The second-order valence-corrected chi connectivity index (χ2v) is 9.84. The van der Waals surface area contributed by atoms with E-state index >= 15 is 0 Å². The lowest BCUT2D eigenvalue weighted by Crippen LogP contribution is -2.49. The molecule has 6 heteroatoms. The fourth-order valence-electron chi connectivity index (χ4n) is 3.87. The molecule has 162 valence electrons. The van der Waals surface area contributed by atoms with E-state index in [1.165, 1.54) is 9.87 Å². The predicted molar refractivity (Wildman–Crippen MR) is 118 cm³/mol. The van der Waals surface area contributed by atoms with E-state index < -0.39 is 22.0 Å². The topological polar surface area (TPSA) is 63.7 Å². The van der Waals surface area contributed by atoms with Gasteiger partial charge in [-0.05, 0) is 62.1 Å². The maximum Gasteiger partial charge on any atom is 0.324 e. The number of nitrogens with zero attached hydrogens (tertiary/aromatic N) is 1. The number of rotatable bonds is 9. The van der Waals surface area contributed by atoms with E-state index in [1.54, 1.807) is 0 Å². The van der Waals surface area contributed by atoms with Crippen molar-refractivity contribution in [2.75, 3.05) is 13.2 Å². The lowest BCUT2D eigenvalue weighted by molar-refractivity contribution is -0.149. The molecule has 1 unspecified atom stereocenters. The van der Waals surface area contributed by atoms with Gasteiger partial charge >= 0.3 is 5.97 Å². The molecule has 0 radical (unpaired) electrons. The van der Waals surface area contributed by atoms with Gasteiger partial charge in [-0.25, -0.2) is 8.42 Å². The standard InChI is InChI=1S/C24H31NO4S/c1-20-11-5-6-15-22(20)19-30(27,28)25-17-9-7-16-23(25)24(26)29-18-10-8-14-21-12-3-2-4-13-21/h2-6,11-13,15,23H,7-10,14,16-19H2,1H3. The number of unbranched alkanes of at least 4 members (excludes halogenated alkanes) is 1. The average molecular weight is 430 g/mol. The largest absolute Gasteiger partial charge is 0.464 e. The Morgan fingerprint density at radius 1 is 1.03 bits per heavy atom. The SMILES string of the molecule is Cc1ccccc1CS(=O)(=O)N1CCCCC1C(=O)OCCCCc1ccccc1. The number of hydrogen-bond donors (Lipinski definition) is 0. The van der Waals surface area contributed by atoms with Gasteiger partial charge in [0.2, 0.25) is 10.0 Å². The molecule has 0 spiro atoms. The molecule has 0 bridgehead atoms. The lowest BCUT2D eigenvalue weighted by Gasteiger charge is -2.33. The number of sulfonamides is 1. The monoisotopic (exact) mass is 429 g/mol. The highest BCUT2D eigenvalue weighted by Crippen LogP contribution is 2.25. The number of carbonyl (C=O) groups excluding carboxylic acids is 1. The van der Waals surface area contributed by atoms with E-state index in [2.05, 4.69) is 12.1 Å². The Labute approximate surface area is 180 Å². The fourth-order valence-corrected chi connectivity index (χ4v) is 5.74. The van der Waals surface area contributed by atoms with Crippen molar-refractivity contribution in [2.45, 2.75) is 57.2 Å². The second kappa shape index (κ2) is 10.7. The van der Waals surface area contributed by atoms with Gasteiger partial charge in [0.25, 0.3) is 0 Å². The third-order valence-corrected chi connectivity index (χ3v) is 7.46. The minimum Gasteiger partial charge on any atom is -0.464 e. The van der Waals surface area contributed by atoms with E-state index in [0.29, 0.717) is 19.6 Å². The van der Waals surface area contributed by atoms with E-state index in [4.69, 9.17) is 4.74 Å². The Hall–Kier alpha value is -2.18. The van der Waals surface area contributed by atoms with Crippen LogP contribution in [0.2, 0.25) is 0 Å². The lowest BCUT2D eigenvalue weighted by atomic mass is 10.1. The molecule has 1 saturated heterocycles. The van der Waals surface area contributed by atoms with Crippen LogP contribution in [0.1, 0.15) is 48.8 Å². The molecule has 2 aromatic rings. The van der Waals surface area contributed by atoms with E-state index in [0.717, 1.165) is 43.2 Å². The molecule has 0 aromatic heterocycles. The summed E-state index contributed by atoms with van der Waals surface area (Å²) < 4.78 is 33.0. The molecule has 2 aromatic carbocycles. The van der Waals surface area contributed by atoms with Crippen molar-refractivity contribution in [3.63, 3.8) is 0 Å². The first-order valence-electron chi connectivity index (χ1n) is 10.7. The van der Waals surface area contributed by atoms with Crippen molar-refractivity contribution in [1.82, 2.24) is 4.31 Å². The Morgan fingerprint density at radius 2 is 1.77 bits per heavy atom. The Bertz CT molecular complexity index is 927. The Morgan fingerprint density at radius 3 is 2.53 bits per heavy atom. The summed E-state index contributed by atoms with van der Waals surface area (Å²) in [4.78, 5) is 12.7. The molecule has 5 nitrogen and oxygen atoms in total. The van der Waals surface area contributed by atoms with Crippen LogP contribution in [-0.4, -0.2) is 37.9 Å². The normalized spacial score (nSPS) is 17.6. The van der Waals surface area contributed by atoms with Gasteiger partial charge in [-0.1, -0.05) is 54.6 Å². The minimum absolute atomic E-state index is 0.0828. The number of ether oxygens (including phenoxy) is 1. The summed E-state index contributed by atoms with van der Waals surface area (Å²) in [6, 6.07) is 17.0. The number of benzene rings is 2. The molecule has 0 N–H and O–H groups in total. The molecule has 30 heavy (non-hydrogen) atoms. The first kappa shape index (κ1) is 22.5. The second-order valence-electron chi connectivity index (χ2n) is 7.92. The van der Waals surface area contributed by atoms with Crippen LogP contribution in [0.25, 0.3) is 0 Å². The summed E-state index contributed by atoms with van der Waals surface area (Å²) >= 11 is 0.